The second-order valence-electron chi connectivity index (χ2n) is 12.8. The lowest BCUT2D eigenvalue weighted by Crippen LogP contribution is -2.41. The van der Waals surface area contributed by atoms with Crippen molar-refractivity contribution in [3.63, 3.8) is 0 Å². The maximum atomic E-state index is 13.4. The minimum atomic E-state index is -1.62. The van der Waals surface area contributed by atoms with Gasteiger partial charge in [0.25, 0.3) is 0 Å². The molecule has 0 aromatic carbocycles. The molecule has 0 atom stereocenters. The number of ketones is 8. The van der Waals surface area contributed by atoms with E-state index in [2.05, 4.69) is 0 Å². The maximum absolute atomic E-state index is 13.4. The predicted molar refractivity (Wildman–Crippen MR) is 155 cm³/mol. The number of hydrogen-bond acceptors (Lipinski definition) is 8. The Morgan fingerprint density at radius 1 is 0.333 bits per heavy atom. The Balaban J connectivity index is 2.10. The summed E-state index contributed by atoms with van der Waals surface area (Å²) in [5.41, 5.74) is -6.15. The molecule has 0 aromatic heterocycles. The van der Waals surface area contributed by atoms with Crippen molar-refractivity contribution in [1.82, 2.24) is 0 Å². The summed E-state index contributed by atoms with van der Waals surface area (Å²) in [6, 6.07) is 0. The van der Waals surface area contributed by atoms with Gasteiger partial charge in [0, 0.05) is 0 Å². The van der Waals surface area contributed by atoms with Crippen LogP contribution in [0.4, 0.5) is 0 Å². The van der Waals surface area contributed by atoms with Crippen molar-refractivity contribution < 1.29 is 38.4 Å². The van der Waals surface area contributed by atoms with Gasteiger partial charge in [0.2, 0.25) is 0 Å². The van der Waals surface area contributed by atoms with Crippen LogP contribution in [-0.2, 0) is 38.4 Å². The van der Waals surface area contributed by atoms with Gasteiger partial charge in [-0.25, -0.2) is 0 Å². The van der Waals surface area contributed by atoms with Gasteiger partial charge in [-0.1, -0.05) is 38.5 Å². The zero-order valence-electron chi connectivity index (χ0n) is 25.0. The van der Waals surface area contributed by atoms with Crippen molar-refractivity contribution in [1.29, 1.82) is 0 Å². The Morgan fingerprint density at radius 3 is 0.738 bits per heavy atom. The third-order valence-corrected chi connectivity index (χ3v) is 9.31. The molecule has 2 spiro atoms. The van der Waals surface area contributed by atoms with E-state index in [1.54, 1.807) is 0 Å². The molecule has 0 amide bonds. The summed E-state index contributed by atoms with van der Waals surface area (Å²) < 4.78 is 0. The van der Waals surface area contributed by atoms with Crippen LogP contribution >= 0.6 is 0 Å². The van der Waals surface area contributed by atoms with Gasteiger partial charge in [-0.3, -0.25) is 38.4 Å². The Kier molecular flexibility index (Phi) is 9.91. The van der Waals surface area contributed by atoms with Crippen LogP contribution < -0.4 is 0 Å². The molecule has 224 valence electrons. The van der Waals surface area contributed by atoms with E-state index in [-0.39, 0.29) is 25.7 Å². The SMILES string of the molecule is CC1(C)C(=O)C=CC(=O)C2(CCCCC2)C(=O)C=CC(=O)C(C)(C)C(=O)C=CC(=O)C2(CCCCC2)C(=O)C=CC1=O. The molecule has 2 fully saturated rings. The fourth-order valence-corrected chi connectivity index (χ4v) is 5.86. The van der Waals surface area contributed by atoms with E-state index in [0.29, 0.717) is 25.7 Å². The van der Waals surface area contributed by atoms with Crippen molar-refractivity contribution in [2.24, 2.45) is 21.7 Å². The fourth-order valence-electron chi connectivity index (χ4n) is 5.86. The van der Waals surface area contributed by atoms with Crippen LogP contribution in [0.15, 0.2) is 48.6 Å². The Labute approximate surface area is 246 Å². The molecular formula is C34H40O8. The van der Waals surface area contributed by atoms with Gasteiger partial charge in [-0.15, -0.1) is 0 Å². The molecule has 0 radical (unpaired) electrons. The van der Waals surface area contributed by atoms with E-state index in [0.717, 1.165) is 61.4 Å². The number of carbonyl (C=O) groups excluding carboxylic acids is 8. The van der Waals surface area contributed by atoms with E-state index in [9.17, 15) is 38.4 Å². The van der Waals surface area contributed by atoms with Crippen LogP contribution in [0.1, 0.15) is 91.9 Å². The number of rotatable bonds is 0. The molecule has 8 heteroatoms. The van der Waals surface area contributed by atoms with Gasteiger partial charge in [-0.2, -0.15) is 0 Å². The first-order valence-electron chi connectivity index (χ1n) is 14.7. The van der Waals surface area contributed by atoms with E-state index in [4.69, 9.17) is 0 Å². The van der Waals surface area contributed by atoms with Crippen molar-refractivity contribution in [3.05, 3.63) is 48.6 Å². The van der Waals surface area contributed by atoms with Crippen LogP contribution in [0.3, 0.4) is 0 Å². The molecule has 8 nitrogen and oxygen atoms in total. The number of allylic oxidation sites excluding steroid dienone is 8. The second kappa shape index (κ2) is 12.7. The number of hydrogen-bond donors (Lipinski definition) is 0. The van der Waals surface area contributed by atoms with Gasteiger partial charge in [0.1, 0.15) is 0 Å². The van der Waals surface area contributed by atoms with E-state index < -0.39 is 67.9 Å². The Bertz CT molecular complexity index is 1130. The Morgan fingerprint density at radius 2 is 0.524 bits per heavy atom. The molecule has 0 heterocycles. The van der Waals surface area contributed by atoms with E-state index in [1.807, 2.05) is 0 Å². The molecule has 0 N–H and O–H groups in total. The third-order valence-electron chi connectivity index (χ3n) is 9.31. The van der Waals surface area contributed by atoms with Gasteiger partial charge in [0.05, 0.1) is 21.7 Å². The topological polar surface area (TPSA) is 137 Å². The molecule has 3 rings (SSSR count). The second-order valence-corrected chi connectivity index (χ2v) is 12.8. The monoisotopic (exact) mass is 576 g/mol. The van der Waals surface area contributed by atoms with Crippen LogP contribution in [0.25, 0.3) is 0 Å². The van der Waals surface area contributed by atoms with Crippen LogP contribution in [0.5, 0.6) is 0 Å². The normalized spacial score (nSPS) is 25.4. The first-order chi connectivity index (χ1) is 19.6. The summed E-state index contributed by atoms with van der Waals surface area (Å²) in [7, 11) is 0. The Hall–Kier alpha value is -3.68. The standard InChI is InChI=1S/C34H40O8/c1-31(2)23(35)11-15-27(39)33(19-7-5-8-20-33)29(41)17-13-25(37)32(3,4)26(38)14-18-30(42)34(21-9-6-10-22-34)28(40)16-12-24(31)36/h11-18H,5-10,19-22H2,1-4H3. The molecule has 3 aliphatic rings. The summed E-state index contributed by atoms with van der Waals surface area (Å²) >= 11 is 0. The van der Waals surface area contributed by atoms with Gasteiger partial charge >= 0.3 is 0 Å². The third kappa shape index (κ3) is 6.37. The molecule has 0 aromatic rings. The molecule has 2 saturated carbocycles. The van der Waals surface area contributed by atoms with Crippen LogP contribution in [0.2, 0.25) is 0 Å². The largest absolute Gasteiger partial charge is 0.294 e. The molecule has 0 saturated heterocycles. The first-order valence-corrected chi connectivity index (χ1v) is 14.7. The highest BCUT2D eigenvalue weighted by atomic mass is 16.2. The molecule has 0 aliphatic heterocycles. The molecule has 0 unspecified atom stereocenters. The van der Waals surface area contributed by atoms with Gasteiger partial charge in [0.15, 0.2) is 46.3 Å². The van der Waals surface area contributed by atoms with Gasteiger partial charge < -0.3 is 0 Å². The summed E-state index contributed by atoms with van der Waals surface area (Å²) in [6.07, 6.45) is 13.1. The van der Waals surface area contributed by atoms with E-state index in [1.165, 1.54) is 27.7 Å². The lowest BCUT2D eigenvalue weighted by molar-refractivity contribution is -0.138. The average Bonchev–Trinajstić information content (AvgIpc) is 2.98. The minimum absolute atomic E-state index is 0.240. The predicted octanol–water partition coefficient (Wildman–Crippen LogP) is 4.73. The summed E-state index contributed by atoms with van der Waals surface area (Å²) in [5.74, 6) is -5.05. The first kappa shape index (κ1) is 32.8. The molecule has 42 heavy (non-hydrogen) atoms. The summed E-state index contributed by atoms with van der Waals surface area (Å²) in [4.78, 5) is 106. The maximum Gasteiger partial charge on any atom is 0.169 e. The van der Waals surface area contributed by atoms with Crippen molar-refractivity contribution in [3.8, 4) is 0 Å². The summed E-state index contributed by atoms with van der Waals surface area (Å²) in [5, 5.41) is 0. The van der Waals surface area contributed by atoms with Crippen molar-refractivity contribution in [2.75, 3.05) is 0 Å². The zero-order valence-corrected chi connectivity index (χ0v) is 25.0. The molecule has 3 aliphatic carbocycles. The number of carbonyl (C=O) groups is 8. The van der Waals surface area contributed by atoms with Gasteiger partial charge in [-0.05, 0) is 102 Å². The average molecular weight is 577 g/mol. The lowest BCUT2D eigenvalue weighted by atomic mass is 9.67. The lowest BCUT2D eigenvalue weighted by Gasteiger charge is -2.33. The fraction of sp³-hybridized carbons (Fsp3) is 0.529. The molecule has 0 bridgehead atoms. The highest BCUT2D eigenvalue weighted by Crippen LogP contribution is 2.40. The smallest absolute Gasteiger partial charge is 0.169 e. The highest BCUT2D eigenvalue weighted by Gasteiger charge is 2.46. The van der Waals surface area contributed by atoms with Crippen LogP contribution in [-0.4, -0.2) is 46.3 Å². The quantitative estimate of drug-likeness (QED) is 0.378. The highest BCUT2D eigenvalue weighted by molar-refractivity contribution is 6.23. The minimum Gasteiger partial charge on any atom is -0.294 e. The van der Waals surface area contributed by atoms with E-state index >= 15 is 0 Å². The van der Waals surface area contributed by atoms with Crippen LogP contribution in [0, 0.1) is 21.7 Å². The molecular weight excluding hydrogens is 536 g/mol. The van der Waals surface area contributed by atoms with Crippen molar-refractivity contribution >= 4 is 46.3 Å². The summed E-state index contributed by atoms with van der Waals surface area (Å²) in [6.45, 7) is 5.50. The van der Waals surface area contributed by atoms with Crippen molar-refractivity contribution in [2.45, 2.75) is 91.9 Å². The zero-order chi connectivity index (χ0) is 31.3.